The van der Waals surface area contributed by atoms with Crippen molar-refractivity contribution in [3.63, 3.8) is 0 Å². The first-order chi connectivity index (χ1) is 12.6. The Kier molecular flexibility index (Phi) is 5.66. The van der Waals surface area contributed by atoms with E-state index in [4.69, 9.17) is 16.7 Å². The second-order valence-electron chi connectivity index (χ2n) is 5.58. The summed E-state index contributed by atoms with van der Waals surface area (Å²) >= 11 is 5.98. The molecule has 0 saturated heterocycles. The molecule has 3 rings (SSSR count). The van der Waals surface area contributed by atoms with E-state index in [0.29, 0.717) is 18.3 Å². The Balaban J connectivity index is 1.58. The number of nitrogens with zero attached hydrogens (tertiary/aromatic N) is 2. The highest BCUT2D eigenvalue weighted by atomic mass is 35.5. The van der Waals surface area contributed by atoms with E-state index in [1.807, 2.05) is 24.3 Å². The smallest absolute Gasteiger partial charge is 0.335 e. The Morgan fingerprint density at radius 2 is 1.92 bits per heavy atom. The van der Waals surface area contributed by atoms with Crippen LogP contribution in [0, 0.1) is 0 Å². The first kappa shape index (κ1) is 17.7. The fourth-order valence-corrected chi connectivity index (χ4v) is 2.58. The topological polar surface area (TPSA) is 87.1 Å². The number of hydrogen-bond acceptors (Lipinski definition) is 5. The summed E-state index contributed by atoms with van der Waals surface area (Å²) in [5.41, 5.74) is 2.12. The molecule has 0 spiro atoms. The highest BCUT2D eigenvalue weighted by molar-refractivity contribution is 6.30. The first-order valence-electron chi connectivity index (χ1n) is 8.02. The van der Waals surface area contributed by atoms with Gasteiger partial charge in [0.2, 0.25) is 5.95 Å². The quantitative estimate of drug-likeness (QED) is 0.578. The van der Waals surface area contributed by atoms with Crippen LogP contribution in [0.15, 0.2) is 60.8 Å². The molecular formula is C19H17ClN4O2. The Bertz CT molecular complexity index is 900. The molecule has 3 N–H and O–H groups in total. The molecule has 26 heavy (non-hydrogen) atoms. The number of nitrogens with one attached hydrogen (secondary N) is 2. The van der Waals surface area contributed by atoms with Crippen LogP contribution >= 0.6 is 11.6 Å². The van der Waals surface area contributed by atoms with Crippen molar-refractivity contribution >= 4 is 35.0 Å². The van der Waals surface area contributed by atoms with Crippen LogP contribution < -0.4 is 10.6 Å². The van der Waals surface area contributed by atoms with Crippen LogP contribution in [-0.4, -0.2) is 27.6 Å². The molecule has 0 fully saturated rings. The van der Waals surface area contributed by atoms with Crippen LogP contribution in [0.1, 0.15) is 15.9 Å². The molecule has 3 aromatic rings. The number of halogens is 1. The molecule has 0 aliphatic rings. The number of benzene rings is 2. The fourth-order valence-electron chi connectivity index (χ4n) is 2.37. The van der Waals surface area contributed by atoms with Gasteiger partial charge in [0.15, 0.2) is 0 Å². The van der Waals surface area contributed by atoms with Gasteiger partial charge < -0.3 is 15.7 Å². The van der Waals surface area contributed by atoms with Gasteiger partial charge in [0, 0.05) is 23.5 Å². The lowest BCUT2D eigenvalue weighted by atomic mass is 10.1. The second-order valence-corrected chi connectivity index (χ2v) is 6.02. The third-order valence-electron chi connectivity index (χ3n) is 3.65. The number of carboxylic acids is 1. The third-order valence-corrected chi connectivity index (χ3v) is 3.88. The van der Waals surface area contributed by atoms with Crippen LogP contribution in [0.3, 0.4) is 0 Å². The average Bonchev–Trinajstić information content (AvgIpc) is 2.63. The number of rotatable bonds is 7. The molecule has 0 saturated carbocycles. The Morgan fingerprint density at radius 3 is 2.65 bits per heavy atom. The van der Waals surface area contributed by atoms with E-state index in [0.717, 1.165) is 22.7 Å². The molecule has 0 unspecified atom stereocenters. The zero-order chi connectivity index (χ0) is 18.4. The van der Waals surface area contributed by atoms with Gasteiger partial charge in [0.1, 0.15) is 5.82 Å². The molecule has 132 valence electrons. The van der Waals surface area contributed by atoms with Crippen molar-refractivity contribution in [2.45, 2.75) is 6.42 Å². The molecule has 0 amide bonds. The second kappa shape index (κ2) is 8.31. The molecule has 0 radical (unpaired) electrons. The van der Waals surface area contributed by atoms with E-state index < -0.39 is 5.97 Å². The average molecular weight is 369 g/mol. The van der Waals surface area contributed by atoms with Crippen molar-refractivity contribution in [2.75, 3.05) is 17.2 Å². The fraction of sp³-hybridized carbons (Fsp3) is 0.105. The zero-order valence-electron chi connectivity index (χ0n) is 13.8. The van der Waals surface area contributed by atoms with E-state index in [1.54, 1.807) is 24.4 Å². The normalized spacial score (nSPS) is 10.3. The summed E-state index contributed by atoms with van der Waals surface area (Å²) in [6.45, 7) is 0.678. The van der Waals surface area contributed by atoms with Crippen LogP contribution in [-0.2, 0) is 6.42 Å². The van der Waals surface area contributed by atoms with E-state index in [2.05, 4.69) is 20.6 Å². The highest BCUT2D eigenvalue weighted by Crippen LogP contribution is 2.16. The van der Waals surface area contributed by atoms with Crippen LogP contribution in [0.25, 0.3) is 0 Å². The molecule has 0 bridgehead atoms. The van der Waals surface area contributed by atoms with Gasteiger partial charge in [-0.3, -0.25) is 0 Å². The van der Waals surface area contributed by atoms with E-state index >= 15 is 0 Å². The van der Waals surface area contributed by atoms with E-state index in [1.165, 1.54) is 12.1 Å². The molecule has 0 aliphatic heterocycles. The summed E-state index contributed by atoms with van der Waals surface area (Å²) in [5.74, 6) is 0.178. The molecule has 0 aliphatic carbocycles. The van der Waals surface area contributed by atoms with Gasteiger partial charge >= 0.3 is 5.97 Å². The molecule has 6 nitrogen and oxygen atoms in total. The number of carbonyl (C=O) groups is 1. The lowest BCUT2D eigenvalue weighted by Gasteiger charge is -2.09. The minimum Gasteiger partial charge on any atom is -0.478 e. The summed E-state index contributed by atoms with van der Waals surface area (Å²) < 4.78 is 0. The van der Waals surface area contributed by atoms with Crippen molar-refractivity contribution in [1.82, 2.24) is 9.97 Å². The van der Waals surface area contributed by atoms with Crippen LogP contribution in [0.5, 0.6) is 0 Å². The maximum atomic E-state index is 10.9. The third kappa shape index (κ3) is 4.94. The minimum atomic E-state index is -0.954. The van der Waals surface area contributed by atoms with Crippen molar-refractivity contribution in [3.8, 4) is 0 Å². The Labute approximate surface area is 155 Å². The van der Waals surface area contributed by atoms with Gasteiger partial charge in [-0.1, -0.05) is 23.7 Å². The van der Waals surface area contributed by atoms with Crippen molar-refractivity contribution in [2.24, 2.45) is 0 Å². The highest BCUT2D eigenvalue weighted by Gasteiger charge is 2.03. The Morgan fingerprint density at radius 1 is 1.12 bits per heavy atom. The number of carboxylic acid groups (broad SMARTS) is 1. The van der Waals surface area contributed by atoms with Gasteiger partial charge in [-0.2, -0.15) is 4.98 Å². The standard InChI is InChI=1S/C19H17ClN4O2/c20-15-3-1-2-13(12-15)8-10-21-19-22-11-9-17(24-19)23-16-6-4-14(5-7-16)18(25)26/h1-7,9,11-12H,8,10H2,(H,25,26)(H2,21,22,23,24). The molecule has 7 heteroatoms. The van der Waals surface area contributed by atoms with Crippen LogP contribution in [0.4, 0.5) is 17.5 Å². The summed E-state index contributed by atoms with van der Waals surface area (Å²) in [6.07, 6.45) is 2.46. The van der Waals surface area contributed by atoms with Crippen molar-refractivity contribution in [3.05, 3.63) is 76.9 Å². The zero-order valence-corrected chi connectivity index (χ0v) is 14.6. The van der Waals surface area contributed by atoms with Gasteiger partial charge in [0.05, 0.1) is 5.56 Å². The SMILES string of the molecule is O=C(O)c1ccc(Nc2ccnc(NCCc3cccc(Cl)c3)n2)cc1. The Hall–Kier alpha value is -3.12. The summed E-state index contributed by atoms with van der Waals surface area (Å²) in [5, 5.41) is 16.0. The molecule has 2 aromatic carbocycles. The van der Waals surface area contributed by atoms with Gasteiger partial charge in [0.25, 0.3) is 0 Å². The number of anilines is 3. The predicted molar refractivity (Wildman–Crippen MR) is 102 cm³/mol. The van der Waals surface area contributed by atoms with Crippen LogP contribution in [0.2, 0.25) is 5.02 Å². The van der Waals surface area contributed by atoms with Crippen molar-refractivity contribution < 1.29 is 9.90 Å². The summed E-state index contributed by atoms with van der Waals surface area (Å²) in [6, 6.07) is 15.9. The number of hydrogen-bond donors (Lipinski definition) is 3. The largest absolute Gasteiger partial charge is 0.478 e. The lowest BCUT2D eigenvalue weighted by Crippen LogP contribution is -2.08. The van der Waals surface area contributed by atoms with E-state index in [9.17, 15) is 4.79 Å². The molecule has 0 atom stereocenters. The van der Waals surface area contributed by atoms with Crippen molar-refractivity contribution in [1.29, 1.82) is 0 Å². The molecule has 1 aromatic heterocycles. The maximum Gasteiger partial charge on any atom is 0.335 e. The predicted octanol–water partition coefficient (Wildman–Crippen LogP) is 4.23. The molecular weight excluding hydrogens is 352 g/mol. The monoisotopic (exact) mass is 368 g/mol. The van der Waals surface area contributed by atoms with Gasteiger partial charge in [-0.15, -0.1) is 0 Å². The van der Waals surface area contributed by atoms with Gasteiger partial charge in [-0.25, -0.2) is 9.78 Å². The maximum absolute atomic E-state index is 10.9. The van der Waals surface area contributed by atoms with E-state index in [-0.39, 0.29) is 5.56 Å². The summed E-state index contributed by atoms with van der Waals surface area (Å²) in [4.78, 5) is 19.5. The number of aromatic carboxylic acids is 1. The first-order valence-corrected chi connectivity index (χ1v) is 8.40. The molecule has 1 heterocycles. The van der Waals surface area contributed by atoms with Gasteiger partial charge in [-0.05, 0) is 54.4 Å². The number of aromatic nitrogens is 2. The lowest BCUT2D eigenvalue weighted by molar-refractivity contribution is 0.0697. The summed E-state index contributed by atoms with van der Waals surface area (Å²) in [7, 11) is 0. The minimum absolute atomic E-state index is 0.238.